The molecule has 15 heavy (non-hydrogen) atoms. The van der Waals surface area contributed by atoms with Gasteiger partial charge in [-0.25, -0.2) is 4.79 Å². The number of hydrogen-bond donors (Lipinski definition) is 0. The van der Waals surface area contributed by atoms with Crippen molar-refractivity contribution in [3.63, 3.8) is 0 Å². The molecule has 2 atom stereocenters. The number of alkyl halides is 1. The first-order chi connectivity index (χ1) is 6.92. The van der Waals surface area contributed by atoms with Crippen molar-refractivity contribution in [3.8, 4) is 0 Å². The molecule has 1 aliphatic carbocycles. The molecule has 0 N–H and O–H groups in total. The van der Waals surface area contributed by atoms with Gasteiger partial charge in [0.05, 0.1) is 0 Å². The molecule has 2 unspecified atom stereocenters. The fourth-order valence-corrected chi connectivity index (χ4v) is 3.66. The maximum absolute atomic E-state index is 11.7. The number of likely N-dealkylation sites (tertiary alicyclic amines) is 1. The minimum absolute atomic E-state index is 0.137. The predicted octanol–water partition coefficient (Wildman–Crippen LogP) is 2.53. The summed E-state index contributed by atoms with van der Waals surface area (Å²) in [7, 11) is 0. The molecule has 0 aromatic heterocycles. The first kappa shape index (κ1) is 11.5. The van der Waals surface area contributed by atoms with E-state index in [2.05, 4.69) is 22.6 Å². The largest absolute Gasteiger partial charge is 0.444 e. The molecular formula is C11H18INO2. The molecule has 0 bridgehead atoms. The highest BCUT2D eigenvalue weighted by Gasteiger charge is 2.56. The van der Waals surface area contributed by atoms with E-state index in [1.54, 1.807) is 0 Å². The van der Waals surface area contributed by atoms with E-state index in [9.17, 15) is 4.79 Å². The Bertz CT molecular complexity index is 262. The predicted molar refractivity (Wildman–Crippen MR) is 67.2 cm³/mol. The molecule has 2 fully saturated rings. The second kappa shape index (κ2) is 3.79. The van der Waals surface area contributed by atoms with Crippen LogP contribution in [0.4, 0.5) is 4.79 Å². The first-order valence-electron chi connectivity index (χ1n) is 5.46. The summed E-state index contributed by atoms with van der Waals surface area (Å²) >= 11 is 2.44. The van der Waals surface area contributed by atoms with Crippen molar-refractivity contribution in [2.45, 2.75) is 26.4 Å². The van der Waals surface area contributed by atoms with Gasteiger partial charge >= 0.3 is 6.09 Å². The van der Waals surface area contributed by atoms with E-state index in [1.807, 2.05) is 25.7 Å². The molecule has 0 aromatic carbocycles. The molecule has 4 heteroatoms. The molecule has 3 nitrogen and oxygen atoms in total. The summed E-state index contributed by atoms with van der Waals surface area (Å²) in [6.07, 6.45) is -0.137. The smallest absolute Gasteiger partial charge is 0.410 e. The van der Waals surface area contributed by atoms with Crippen LogP contribution in [0.15, 0.2) is 0 Å². The van der Waals surface area contributed by atoms with Gasteiger partial charge in [-0.1, -0.05) is 22.6 Å². The van der Waals surface area contributed by atoms with Gasteiger partial charge in [0.2, 0.25) is 0 Å². The third-order valence-electron chi connectivity index (χ3n) is 3.20. The van der Waals surface area contributed by atoms with Crippen molar-refractivity contribution >= 4 is 28.7 Å². The quantitative estimate of drug-likeness (QED) is 0.548. The summed E-state index contributed by atoms with van der Waals surface area (Å²) in [6, 6.07) is 0. The summed E-state index contributed by atoms with van der Waals surface area (Å²) < 4.78 is 6.58. The van der Waals surface area contributed by atoms with Gasteiger partial charge in [0.25, 0.3) is 0 Å². The summed E-state index contributed by atoms with van der Waals surface area (Å²) in [5, 5.41) is 0. The Balaban J connectivity index is 1.82. The van der Waals surface area contributed by atoms with E-state index < -0.39 is 0 Å². The second-order valence-corrected chi connectivity index (χ2v) is 6.41. The van der Waals surface area contributed by atoms with Gasteiger partial charge in [-0.15, -0.1) is 0 Å². The molecule has 1 saturated carbocycles. The van der Waals surface area contributed by atoms with Crippen molar-refractivity contribution in [1.82, 2.24) is 4.90 Å². The molecule has 2 aliphatic rings. The molecule has 86 valence electrons. The number of amides is 1. The number of halogens is 1. The van der Waals surface area contributed by atoms with E-state index in [1.165, 1.54) is 4.43 Å². The van der Waals surface area contributed by atoms with Gasteiger partial charge in [0.1, 0.15) is 5.60 Å². The number of fused-ring (bicyclic) bond motifs is 1. The molecule has 1 saturated heterocycles. The molecule has 1 aliphatic heterocycles. The van der Waals surface area contributed by atoms with Crippen LogP contribution in [-0.2, 0) is 4.74 Å². The van der Waals surface area contributed by atoms with Gasteiger partial charge in [-0.05, 0) is 38.5 Å². The molecule has 1 heterocycles. The molecule has 0 aromatic rings. The summed E-state index contributed by atoms with van der Waals surface area (Å²) in [4.78, 5) is 13.6. The van der Waals surface area contributed by atoms with Gasteiger partial charge in [0.15, 0.2) is 0 Å². The van der Waals surface area contributed by atoms with Gasteiger partial charge in [-0.3, -0.25) is 0 Å². The van der Waals surface area contributed by atoms with Crippen molar-refractivity contribution in [2.75, 3.05) is 17.5 Å². The maximum Gasteiger partial charge on any atom is 0.410 e. The van der Waals surface area contributed by atoms with Gasteiger partial charge in [-0.2, -0.15) is 0 Å². The lowest BCUT2D eigenvalue weighted by molar-refractivity contribution is 0.0267. The number of carbonyl (C=O) groups is 1. The number of hydrogen-bond acceptors (Lipinski definition) is 2. The average Bonchev–Trinajstić information content (AvgIpc) is 2.54. The fourth-order valence-electron chi connectivity index (χ4n) is 2.35. The average molecular weight is 323 g/mol. The van der Waals surface area contributed by atoms with E-state index >= 15 is 0 Å². The normalized spacial score (nSPS) is 33.9. The van der Waals surface area contributed by atoms with Crippen LogP contribution in [0.1, 0.15) is 20.8 Å². The van der Waals surface area contributed by atoms with E-state index in [0.717, 1.165) is 30.8 Å². The summed E-state index contributed by atoms with van der Waals surface area (Å²) in [5.74, 6) is 2.38. The molecule has 0 radical (unpaired) electrons. The molecular weight excluding hydrogens is 305 g/mol. The highest BCUT2D eigenvalue weighted by atomic mass is 127. The van der Waals surface area contributed by atoms with Crippen molar-refractivity contribution in [3.05, 3.63) is 0 Å². The zero-order valence-electron chi connectivity index (χ0n) is 9.50. The number of ether oxygens (including phenoxy) is 1. The highest BCUT2D eigenvalue weighted by Crippen LogP contribution is 2.52. The van der Waals surface area contributed by atoms with Crippen LogP contribution in [0.2, 0.25) is 0 Å². The lowest BCUT2D eigenvalue weighted by atomic mass is 10.2. The Labute approximate surface area is 105 Å². The lowest BCUT2D eigenvalue weighted by Crippen LogP contribution is -2.37. The Morgan fingerprint density at radius 1 is 1.40 bits per heavy atom. The summed E-state index contributed by atoms with van der Waals surface area (Å²) in [6.45, 7) is 7.56. The number of nitrogens with zero attached hydrogens (tertiary/aromatic N) is 1. The van der Waals surface area contributed by atoms with Crippen molar-refractivity contribution in [2.24, 2.45) is 17.8 Å². The van der Waals surface area contributed by atoms with Gasteiger partial charge in [0, 0.05) is 17.5 Å². The molecule has 1 amide bonds. The topological polar surface area (TPSA) is 29.5 Å². The Morgan fingerprint density at radius 3 is 2.33 bits per heavy atom. The Morgan fingerprint density at radius 2 is 1.93 bits per heavy atom. The lowest BCUT2D eigenvalue weighted by Gasteiger charge is -2.25. The fraction of sp³-hybridized carbons (Fsp3) is 0.909. The first-order valence-corrected chi connectivity index (χ1v) is 6.99. The van der Waals surface area contributed by atoms with Crippen LogP contribution in [-0.4, -0.2) is 34.1 Å². The van der Waals surface area contributed by atoms with Crippen molar-refractivity contribution < 1.29 is 9.53 Å². The van der Waals surface area contributed by atoms with E-state index in [-0.39, 0.29) is 11.7 Å². The van der Waals surface area contributed by atoms with Crippen LogP contribution in [0.3, 0.4) is 0 Å². The van der Waals surface area contributed by atoms with Gasteiger partial charge < -0.3 is 9.64 Å². The van der Waals surface area contributed by atoms with E-state index in [4.69, 9.17) is 4.74 Å². The van der Waals surface area contributed by atoms with Crippen LogP contribution >= 0.6 is 22.6 Å². The van der Waals surface area contributed by atoms with Crippen LogP contribution in [0.25, 0.3) is 0 Å². The second-order valence-electron chi connectivity index (χ2n) is 5.53. The van der Waals surface area contributed by atoms with Crippen LogP contribution < -0.4 is 0 Å². The minimum atomic E-state index is -0.369. The van der Waals surface area contributed by atoms with E-state index in [0.29, 0.717) is 0 Å². The number of piperidine rings is 1. The minimum Gasteiger partial charge on any atom is -0.444 e. The van der Waals surface area contributed by atoms with Crippen LogP contribution in [0.5, 0.6) is 0 Å². The third kappa shape index (κ3) is 2.40. The zero-order chi connectivity index (χ0) is 11.2. The zero-order valence-corrected chi connectivity index (χ0v) is 11.7. The van der Waals surface area contributed by atoms with Crippen LogP contribution in [0, 0.1) is 17.8 Å². The number of rotatable bonds is 1. The highest BCUT2D eigenvalue weighted by molar-refractivity contribution is 14.1. The summed E-state index contributed by atoms with van der Waals surface area (Å²) in [5.41, 5.74) is -0.369. The Kier molecular flexibility index (Phi) is 2.90. The molecule has 2 rings (SSSR count). The Hall–Kier alpha value is 0. The monoisotopic (exact) mass is 323 g/mol. The maximum atomic E-state index is 11.7. The SMILES string of the molecule is CC(C)(C)OC(=O)N1CC2C(CI)C2C1. The standard InChI is InChI=1S/C11H18INO2/c1-11(2,3)15-10(14)13-5-8-7(4-12)9(8)6-13/h7-9H,4-6H2,1-3H3. The molecule has 0 spiro atoms. The van der Waals surface area contributed by atoms with Crippen molar-refractivity contribution in [1.29, 1.82) is 0 Å². The number of carbonyl (C=O) groups excluding carboxylic acids is 1. The third-order valence-corrected chi connectivity index (χ3v) is 4.22.